The predicted molar refractivity (Wildman–Crippen MR) is 108 cm³/mol. The van der Waals surface area contributed by atoms with Gasteiger partial charge in [-0.1, -0.05) is 30.3 Å². The summed E-state index contributed by atoms with van der Waals surface area (Å²) >= 11 is 1.63. The lowest BCUT2D eigenvalue weighted by Gasteiger charge is -2.14. The van der Waals surface area contributed by atoms with E-state index in [2.05, 4.69) is 10.2 Å². The fourth-order valence-electron chi connectivity index (χ4n) is 3.02. The molecule has 0 aliphatic carbocycles. The summed E-state index contributed by atoms with van der Waals surface area (Å²) in [6.45, 7) is 1.68. The molecule has 4 nitrogen and oxygen atoms in total. The lowest BCUT2D eigenvalue weighted by Crippen LogP contribution is -2.21. The maximum absolute atomic E-state index is 13.2. The van der Waals surface area contributed by atoms with E-state index in [1.165, 1.54) is 0 Å². The van der Waals surface area contributed by atoms with Gasteiger partial charge in [-0.3, -0.25) is 4.79 Å². The van der Waals surface area contributed by atoms with Crippen molar-refractivity contribution in [2.75, 3.05) is 32.5 Å². The van der Waals surface area contributed by atoms with Gasteiger partial charge in [0.2, 0.25) is 0 Å². The van der Waals surface area contributed by atoms with Gasteiger partial charge in [0.05, 0.1) is 15.6 Å². The third-order valence-corrected chi connectivity index (χ3v) is 5.45. The van der Waals surface area contributed by atoms with Crippen LogP contribution in [0.25, 0.3) is 31.1 Å². The molecule has 0 fully saturated rings. The molecule has 0 unspecified atom stereocenters. The van der Waals surface area contributed by atoms with Gasteiger partial charge in [-0.2, -0.15) is 0 Å². The summed E-state index contributed by atoms with van der Waals surface area (Å²) in [6.07, 6.45) is 0. The van der Waals surface area contributed by atoms with Crippen LogP contribution in [0.4, 0.5) is 5.82 Å². The van der Waals surface area contributed by atoms with Gasteiger partial charge in [0.25, 0.3) is 0 Å². The van der Waals surface area contributed by atoms with E-state index >= 15 is 0 Å². The van der Waals surface area contributed by atoms with Crippen LogP contribution in [0, 0.1) is 0 Å². The molecule has 2 aromatic carbocycles. The number of likely N-dealkylation sites (N-methyl/N-ethyl adjacent to an activating group) is 1. The summed E-state index contributed by atoms with van der Waals surface area (Å²) in [5, 5.41) is 5.88. The van der Waals surface area contributed by atoms with E-state index in [1.807, 2.05) is 62.6 Å². The van der Waals surface area contributed by atoms with Gasteiger partial charge in [-0.25, -0.2) is 4.98 Å². The van der Waals surface area contributed by atoms with Crippen LogP contribution in [-0.4, -0.2) is 37.1 Å². The first-order chi connectivity index (χ1) is 12.1. The molecule has 0 atom stereocenters. The standard InChI is InChI=1S/C20H19N3OS/c1-23(2)12-11-21-20-19-17(13-7-3-5-9-15(13)22-20)18(24)14-8-4-6-10-16(14)25-19/h3-10H,11-12H2,1-2H3,(H,21,22). The minimum absolute atomic E-state index is 0.0820. The van der Waals surface area contributed by atoms with E-state index in [4.69, 9.17) is 4.98 Å². The number of aromatic nitrogens is 1. The molecule has 1 N–H and O–H groups in total. The van der Waals surface area contributed by atoms with E-state index in [0.29, 0.717) is 0 Å². The molecule has 0 aliphatic rings. The maximum atomic E-state index is 13.2. The van der Waals surface area contributed by atoms with Crippen LogP contribution >= 0.6 is 11.3 Å². The van der Waals surface area contributed by atoms with Gasteiger partial charge < -0.3 is 10.2 Å². The largest absolute Gasteiger partial charge is 0.368 e. The zero-order valence-electron chi connectivity index (χ0n) is 14.2. The monoisotopic (exact) mass is 349 g/mol. The second kappa shape index (κ2) is 6.43. The van der Waals surface area contributed by atoms with Crippen molar-refractivity contribution in [1.82, 2.24) is 9.88 Å². The number of anilines is 1. The highest BCUT2D eigenvalue weighted by molar-refractivity contribution is 7.25. The van der Waals surface area contributed by atoms with Crippen molar-refractivity contribution in [3.05, 3.63) is 58.8 Å². The molecule has 2 aromatic heterocycles. The molecule has 0 bridgehead atoms. The Morgan fingerprint density at radius 3 is 2.56 bits per heavy atom. The quantitative estimate of drug-likeness (QED) is 0.448. The van der Waals surface area contributed by atoms with Crippen LogP contribution in [0.15, 0.2) is 53.3 Å². The zero-order chi connectivity index (χ0) is 17.4. The zero-order valence-corrected chi connectivity index (χ0v) is 15.1. The molecule has 0 amide bonds. The highest BCUT2D eigenvalue weighted by Crippen LogP contribution is 2.33. The number of fused-ring (bicyclic) bond motifs is 4. The normalized spacial score (nSPS) is 11.6. The fraction of sp³-hybridized carbons (Fsp3) is 0.200. The Balaban J connectivity index is 2.04. The Bertz CT molecular complexity index is 1130. The van der Waals surface area contributed by atoms with Crippen molar-refractivity contribution in [3.8, 4) is 0 Å². The average Bonchev–Trinajstić information content (AvgIpc) is 2.61. The highest BCUT2D eigenvalue weighted by atomic mass is 32.1. The first-order valence-corrected chi connectivity index (χ1v) is 9.09. The average molecular weight is 349 g/mol. The van der Waals surface area contributed by atoms with Crippen LogP contribution in [-0.2, 0) is 0 Å². The molecule has 0 saturated carbocycles. The topological polar surface area (TPSA) is 45.2 Å². The third kappa shape index (κ3) is 2.86. The van der Waals surface area contributed by atoms with E-state index in [1.54, 1.807) is 11.3 Å². The van der Waals surface area contributed by atoms with Crippen LogP contribution in [0.5, 0.6) is 0 Å². The van der Waals surface area contributed by atoms with Gasteiger partial charge in [0.1, 0.15) is 5.82 Å². The summed E-state index contributed by atoms with van der Waals surface area (Å²) < 4.78 is 1.92. The van der Waals surface area contributed by atoms with Crippen molar-refractivity contribution in [3.63, 3.8) is 0 Å². The molecule has 0 spiro atoms. The number of rotatable bonds is 4. The van der Waals surface area contributed by atoms with Crippen molar-refractivity contribution < 1.29 is 0 Å². The molecular formula is C20H19N3OS. The second-order valence-corrected chi connectivity index (χ2v) is 7.39. The molecule has 0 radical (unpaired) electrons. The number of pyridine rings is 1. The molecule has 126 valence electrons. The van der Waals surface area contributed by atoms with Gasteiger partial charge in [-0.15, -0.1) is 11.3 Å². The summed E-state index contributed by atoms with van der Waals surface area (Å²) in [4.78, 5) is 20.1. The van der Waals surface area contributed by atoms with Gasteiger partial charge in [0.15, 0.2) is 5.43 Å². The molecule has 0 aliphatic heterocycles. The van der Waals surface area contributed by atoms with Gasteiger partial charge in [0, 0.05) is 28.6 Å². The number of hydrogen-bond donors (Lipinski definition) is 1. The molecule has 4 aromatic rings. The molecule has 25 heavy (non-hydrogen) atoms. The Morgan fingerprint density at radius 2 is 1.76 bits per heavy atom. The molecule has 5 heteroatoms. The SMILES string of the molecule is CN(C)CCNc1nc2ccccc2c2c(=O)c3ccccc3sc12. The lowest BCUT2D eigenvalue weighted by atomic mass is 10.1. The first kappa shape index (κ1) is 16.0. The summed E-state index contributed by atoms with van der Waals surface area (Å²) in [5.74, 6) is 0.795. The van der Waals surface area contributed by atoms with E-state index in [-0.39, 0.29) is 5.43 Å². The van der Waals surface area contributed by atoms with E-state index in [9.17, 15) is 4.79 Å². The minimum Gasteiger partial charge on any atom is -0.368 e. The summed E-state index contributed by atoms with van der Waals surface area (Å²) in [6, 6.07) is 15.7. The van der Waals surface area contributed by atoms with Crippen molar-refractivity contribution in [1.29, 1.82) is 0 Å². The van der Waals surface area contributed by atoms with E-state index < -0.39 is 0 Å². The lowest BCUT2D eigenvalue weighted by molar-refractivity contribution is 0.425. The number of nitrogens with zero attached hydrogens (tertiary/aromatic N) is 2. The van der Waals surface area contributed by atoms with E-state index in [0.717, 1.165) is 50.0 Å². The number of nitrogens with one attached hydrogen (secondary N) is 1. The molecule has 4 rings (SSSR count). The van der Waals surface area contributed by atoms with Crippen LogP contribution in [0.3, 0.4) is 0 Å². The predicted octanol–water partition coefficient (Wildman–Crippen LogP) is 3.94. The van der Waals surface area contributed by atoms with Gasteiger partial charge >= 0.3 is 0 Å². The first-order valence-electron chi connectivity index (χ1n) is 8.28. The molecule has 0 saturated heterocycles. The maximum Gasteiger partial charge on any atom is 0.196 e. The van der Waals surface area contributed by atoms with Crippen LogP contribution < -0.4 is 10.7 Å². The summed E-state index contributed by atoms with van der Waals surface area (Å²) in [5.41, 5.74) is 0.931. The van der Waals surface area contributed by atoms with Gasteiger partial charge in [-0.05, 0) is 32.3 Å². The smallest absolute Gasteiger partial charge is 0.196 e. The number of para-hydroxylation sites is 1. The van der Waals surface area contributed by atoms with Crippen molar-refractivity contribution >= 4 is 48.2 Å². The minimum atomic E-state index is 0.0820. The Labute approximate surface area is 149 Å². The molecule has 2 heterocycles. The summed E-state index contributed by atoms with van der Waals surface area (Å²) in [7, 11) is 4.08. The number of hydrogen-bond acceptors (Lipinski definition) is 5. The second-order valence-electron chi connectivity index (χ2n) is 6.34. The fourth-order valence-corrected chi connectivity index (χ4v) is 4.18. The van der Waals surface area contributed by atoms with Crippen molar-refractivity contribution in [2.24, 2.45) is 0 Å². The van der Waals surface area contributed by atoms with Crippen LogP contribution in [0.2, 0.25) is 0 Å². The number of benzene rings is 2. The Morgan fingerprint density at radius 1 is 1.04 bits per heavy atom. The van der Waals surface area contributed by atoms with Crippen LogP contribution in [0.1, 0.15) is 0 Å². The Hall–Kier alpha value is -2.50. The Kier molecular flexibility index (Phi) is 4.11. The third-order valence-electron chi connectivity index (χ3n) is 4.27. The molecular weight excluding hydrogens is 330 g/mol. The van der Waals surface area contributed by atoms with Crippen molar-refractivity contribution in [2.45, 2.75) is 0 Å². The highest BCUT2D eigenvalue weighted by Gasteiger charge is 2.14.